The third-order valence-corrected chi connectivity index (χ3v) is 3.15. The van der Waals surface area contributed by atoms with Crippen LogP contribution < -0.4 is 0 Å². The SMILES string of the molecule is O=[N+]([O-])c1ccc2oc3cc([N+](=O)[O-])c([N+](=O)[O-])cc3c2c1. The Kier molecular flexibility index (Phi) is 2.73. The molecule has 1 heterocycles. The van der Waals surface area contributed by atoms with Gasteiger partial charge in [-0.1, -0.05) is 0 Å². The highest BCUT2D eigenvalue weighted by atomic mass is 16.6. The largest absolute Gasteiger partial charge is 0.456 e. The molecule has 1 aromatic heterocycles. The first-order chi connectivity index (χ1) is 10.4. The summed E-state index contributed by atoms with van der Waals surface area (Å²) in [4.78, 5) is 30.3. The fourth-order valence-electron chi connectivity index (χ4n) is 2.19. The standard InChI is InChI=1S/C12H5N3O7/c16-13(17)6-1-2-11-7(3-6)8-4-9(14(18)19)10(15(20)21)5-12(8)22-11/h1-5H. The molecule has 3 rings (SSSR count). The molecule has 0 saturated carbocycles. The molecule has 0 unspecified atom stereocenters. The number of fused-ring (bicyclic) bond motifs is 3. The molecular weight excluding hydrogens is 298 g/mol. The topological polar surface area (TPSA) is 143 Å². The van der Waals surface area contributed by atoms with Crippen LogP contribution in [0.2, 0.25) is 0 Å². The summed E-state index contributed by atoms with van der Waals surface area (Å²) in [5.41, 5.74) is -1.32. The minimum atomic E-state index is -0.882. The second kappa shape index (κ2) is 4.48. The van der Waals surface area contributed by atoms with E-state index < -0.39 is 26.1 Å². The molecule has 0 atom stereocenters. The smallest absolute Gasteiger partial charge is 0.349 e. The summed E-state index contributed by atoms with van der Waals surface area (Å²) in [5.74, 6) is 0. The van der Waals surface area contributed by atoms with Gasteiger partial charge in [-0.25, -0.2) is 0 Å². The van der Waals surface area contributed by atoms with Crippen LogP contribution in [0, 0.1) is 30.3 Å². The molecule has 3 aromatic rings. The summed E-state index contributed by atoms with van der Waals surface area (Å²) in [6.07, 6.45) is 0. The van der Waals surface area contributed by atoms with Crippen molar-refractivity contribution >= 4 is 39.0 Å². The summed E-state index contributed by atoms with van der Waals surface area (Å²) < 4.78 is 5.36. The van der Waals surface area contributed by atoms with E-state index in [-0.39, 0.29) is 27.6 Å². The van der Waals surface area contributed by atoms with Gasteiger partial charge in [-0.05, 0) is 6.07 Å². The van der Waals surface area contributed by atoms with Crippen molar-refractivity contribution in [2.24, 2.45) is 0 Å². The first-order valence-electron chi connectivity index (χ1n) is 5.82. The van der Waals surface area contributed by atoms with E-state index in [1.54, 1.807) is 0 Å². The van der Waals surface area contributed by atoms with Gasteiger partial charge in [-0.2, -0.15) is 0 Å². The van der Waals surface area contributed by atoms with Gasteiger partial charge in [0, 0.05) is 29.0 Å². The Balaban J connectivity index is 2.41. The fourth-order valence-corrected chi connectivity index (χ4v) is 2.19. The van der Waals surface area contributed by atoms with Crippen LogP contribution in [0.15, 0.2) is 34.7 Å². The Labute approximate surface area is 120 Å². The van der Waals surface area contributed by atoms with Crippen molar-refractivity contribution in [1.82, 2.24) is 0 Å². The van der Waals surface area contributed by atoms with Crippen LogP contribution in [-0.4, -0.2) is 14.8 Å². The van der Waals surface area contributed by atoms with Crippen molar-refractivity contribution in [3.05, 3.63) is 60.7 Å². The van der Waals surface area contributed by atoms with E-state index >= 15 is 0 Å². The highest BCUT2D eigenvalue weighted by molar-refractivity contribution is 6.07. The number of nitro groups is 3. The zero-order valence-corrected chi connectivity index (χ0v) is 10.6. The Morgan fingerprint density at radius 1 is 0.727 bits per heavy atom. The van der Waals surface area contributed by atoms with E-state index in [0.29, 0.717) is 0 Å². The molecule has 10 heteroatoms. The lowest BCUT2D eigenvalue weighted by Gasteiger charge is -1.95. The average molecular weight is 303 g/mol. The first kappa shape index (κ1) is 13.4. The molecule has 0 N–H and O–H groups in total. The van der Waals surface area contributed by atoms with Gasteiger partial charge in [0.2, 0.25) is 0 Å². The second-order valence-electron chi connectivity index (χ2n) is 4.39. The molecule has 2 aromatic carbocycles. The van der Waals surface area contributed by atoms with Gasteiger partial charge in [0.05, 0.1) is 20.8 Å². The van der Waals surface area contributed by atoms with Gasteiger partial charge < -0.3 is 4.42 Å². The van der Waals surface area contributed by atoms with Crippen LogP contribution in [0.25, 0.3) is 21.9 Å². The maximum atomic E-state index is 11.0. The van der Waals surface area contributed by atoms with E-state index in [4.69, 9.17) is 4.42 Å². The molecule has 0 spiro atoms. The highest BCUT2D eigenvalue weighted by Gasteiger charge is 2.27. The maximum Gasteiger partial charge on any atom is 0.349 e. The number of nitrogens with zero attached hydrogens (tertiary/aromatic N) is 3. The van der Waals surface area contributed by atoms with Crippen molar-refractivity contribution in [2.45, 2.75) is 0 Å². The summed E-state index contributed by atoms with van der Waals surface area (Å²) in [6, 6.07) is 5.69. The molecule has 0 radical (unpaired) electrons. The lowest BCUT2D eigenvalue weighted by molar-refractivity contribution is -0.422. The lowest BCUT2D eigenvalue weighted by atomic mass is 10.1. The number of nitro benzene ring substituents is 3. The summed E-state index contributed by atoms with van der Waals surface area (Å²) in [5, 5.41) is 33.1. The first-order valence-corrected chi connectivity index (χ1v) is 5.82. The Bertz CT molecular complexity index is 976. The van der Waals surface area contributed by atoms with Crippen LogP contribution in [0.1, 0.15) is 0 Å². The summed E-state index contributed by atoms with van der Waals surface area (Å²) in [7, 11) is 0. The van der Waals surface area contributed by atoms with E-state index in [1.807, 2.05) is 0 Å². The van der Waals surface area contributed by atoms with Gasteiger partial charge in [0.25, 0.3) is 5.69 Å². The number of benzene rings is 2. The molecule has 0 bridgehead atoms. The van der Waals surface area contributed by atoms with Crippen LogP contribution in [0.4, 0.5) is 17.1 Å². The number of hydrogen-bond acceptors (Lipinski definition) is 7. The van der Waals surface area contributed by atoms with E-state index in [0.717, 1.165) is 12.1 Å². The van der Waals surface area contributed by atoms with Gasteiger partial charge in [-0.3, -0.25) is 30.3 Å². The van der Waals surface area contributed by atoms with Gasteiger partial charge in [0.1, 0.15) is 11.2 Å². The molecule has 22 heavy (non-hydrogen) atoms. The molecule has 0 amide bonds. The Morgan fingerprint density at radius 2 is 1.32 bits per heavy atom. The van der Waals surface area contributed by atoms with Gasteiger partial charge in [0.15, 0.2) is 0 Å². The van der Waals surface area contributed by atoms with Crippen molar-refractivity contribution in [3.8, 4) is 0 Å². The van der Waals surface area contributed by atoms with Gasteiger partial charge in [-0.15, -0.1) is 0 Å². The molecule has 0 aliphatic rings. The number of hydrogen-bond donors (Lipinski definition) is 0. The van der Waals surface area contributed by atoms with Crippen LogP contribution in [-0.2, 0) is 0 Å². The van der Waals surface area contributed by atoms with Crippen LogP contribution in [0.3, 0.4) is 0 Å². The minimum Gasteiger partial charge on any atom is -0.456 e. The predicted octanol–water partition coefficient (Wildman–Crippen LogP) is 3.31. The second-order valence-corrected chi connectivity index (χ2v) is 4.39. The van der Waals surface area contributed by atoms with Crippen molar-refractivity contribution in [2.75, 3.05) is 0 Å². The normalized spacial score (nSPS) is 10.9. The van der Waals surface area contributed by atoms with E-state index in [1.165, 1.54) is 18.2 Å². The molecule has 0 saturated heterocycles. The highest BCUT2D eigenvalue weighted by Crippen LogP contribution is 2.38. The van der Waals surface area contributed by atoms with E-state index in [9.17, 15) is 30.3 Å². The minimum absolute atomic E-state index is 0.0489. The molecule has 0 fully saturated rings. The molecule has 110 valence electrons. The molecule has 10 nitrogen and oxygen atoms in total. The van der Waals surface area contributed by atoms with Crippen molar-refractivity contribution in [3.63, 3.8) is 0 Å². The average Bonchev–Trinajstić information content (AvgIpc) is 2.82. The molecule has 0 aliphatic carbocycles. The number of non-ortho nitro benzene ring substituents is 1. The maximum absolute atomic E-state index is 11.0. The zero-order chi connectivity index (χ0) is 16.0. The molecule has 0 aliphatic heterocycles. The number of furan rings is 1. The van der Waals surface area contributed by atoms with Crippen molar-refractivity contribution in [1.29, 1.82) is 0 Å². The van der Waals surface area contributed by atoms with Crippen LogP contribution >= 0.6 is 0 Å². The van der Waals surface area contributed by atoms with Crippen molar-refractivity contribution < 1.29 is 19.2 Å². The summed E-state index contributed by atoms with van der Waals surface area (Å²) in [6.45, 7) is 0. The van der Waals surface area contributed by atoms with E-state index in [2.05, 4.69) is 0 Å². The number of rotatable bonds is 3. The fraction of sp³-hybridized carbons (Fsp3) is 0. The summed E-state index contributed by atoms with van der Waals surface area (Å²) >= 11 is 0. The zero-order valence-electron chi connectivity index (χ0n) is 10.6. The monoisotopic (exact) mass is 303 g/mol. The predicted molar refractivity (Wildman–Crippen MR) is 73.7 cm³/mol. The third-order valence-electron chi connectivity index (χ3n) is 3.15. The Morgan fingerprint density at radius 3 is 1.91 bits per heavy atom. The van der Waals surface area contributed by atoms with Crippen LogP contribution in [0.5, 0.6) is 0 Å². The third kappa shape index (κ3) is 1.90. The molecular formula is C12H5N3O7. The Hall–Kier alpha value is -3.56. The quantitative estimate of drug-likeness (QED) is 0.533. The lowest BCUT2D eigenvalue weighted by Crippen LogP contribution is -1.96. The van der Waals surface area contributed by atoms with Gasteiger partial charge >= 0.3 is 11.4 Å².